The number of carbonyl (C=O) groups excluding carboxylic acids is 2. The summed E-state index contributed by atoms with van der Waals surface area (Å²) in [4.78, 5) is 33.8. The predicted molar refractivity (Wildman–Crippen MR) is 115 cm³/mol. The summed E-state index contributed by atoms with van der Waals surface area (Å²) >= 11 is 5.99. The van der Waals surface area contributed by atoms with Crippen molar-refractivity contribution in [2.45, 2.75) is 24.7 Å². The molecule has 31 heavy (non-hydrogen) atoms. The second-order valence-electron chi connectivity index (χ2n) is 7.17. The Kier molecular flexibility index (Phi) is 6.73. The van der Waals surface area contributed by atoms with Crippen molar-refractivity contribution in [3.8, 4) is 0 Å². The van der Waals surface area contributed by atoms with Crippen molar-refractivity contribution >= 4 is 44.7 Å². The number of nitrogens with one attached hydrogen (secondary N) is 1. The number of benzene rings is 2. The third-order valence-corrected chi connectivity index (χ3v) is 7.51. The first kappa shape index (κ1) is 22.9. The SMILES string of the molecule is CC(=O)c1ccc(NC(=O)C2CCN(S(=O)(=O)c3cc([N+](=O)[O-])ccc3Cl)CC2)cc1. The zero-order valence-corrected chi connectivity index (χ0v) is 18.1. The van der Waals surface area contributed by atoms with Crippen molar-refractivity contribution in [2.24, 2.45) is 5.92 Å². The number of nitrogens with zero attached hydrogens (tertiary/aromatic N) is 2. The molecule has 1 N–H and O–H groups in total. The minimum atomic E-state index is -4.04. The number of carbonyl (C=O) groups is 2. The third-order valence-electron chi connectivity index (χ3n) is 5.13. The lowest BCUT2D eigenvalue weighted by Gasteiger charge is -2.30. The number of ketones is 1. The van der Waals surface area contributed by atoms with Gasteiger partial charge < -0.3 is 5.32 Å². The normalized spacial score (nSPS) is 15.4. The fraction of sp³-hybridized carbons (Fsp3) is 0.300. The second kappa shape index (κ2) is 9.13. The number of amides is 1. The summed E-state index contributed by atoms with van der Waals surface area (Å²) in [5.41, 5.74) is 0.720. The molecule has 0 radical (unpaired) electrons. The van der Waals surface area contributed by atoms with E-state index in [9.17, 15) is 28.1 Å². The standard InChI is InChI=1S/C20H20ClN3O6S/c1-13(25)14-2-4-16(5-3-14)22-20(26)15-8-10-23(11-9-15)31(29,30)19-12-17(24(27)28)6-7-18(19)21/h2-7,12,15H,8-11H2,1H3,(H,22,26). The lowest BCUT2D eigenvalue weighted by atomic mass is 9.97. The first-order valence-electron chi connectivity index (χ1n) is 9.45. The van der Waals surface area contributed by atoms with Gasteiger partial charge in [-0.25, -0.2) is 8.42 Å². The van der Waals surface area contributed by atoms with E-state index < -0.39 is 14.9 Å². The molecule has 1 saturated heterocycles. The molecule has 164 valence electrons. The maximum absolute atomic E-state index is 12.9. The van der Waals surface area contributed by atoms with Crippen molar-refractivity contribution in [1.29, 1.82) is 0 Å². The van der Waals surface area contributed by atoms with Crippen LogP contribution in [0.25, 0.3) is 0 Å². The van der Waals surface area contributed by atoms with E-state index in [-0.39, 0.29) is 46.3 Å². The van der Waals surface area contributed by atoms with Gasteiger partial charge in [-0.3, -0.25) is 19.7 Å². The first-order chi connectivity index (χ1) is 14.6. The van der Waals surface area contributed by atoms with Crippen LogP contribution in [0.5, 0.6) is 0 Å². The Labute approximate surface area is 184 Å². The Morgan fingerprint density at radius 3 is 2.29 bits per heavy atom. The van der Waals surface area contributed by atoms with Crippen LogP contribution in [0.3, 0.4) is 0 Å². The Hall–Kier alpha value is -2.82. The Balaban J connectivity index is 1.66. The van der Waals surface area contributed by atoms with Crippen LogP contribution in [0, 0.1) is 16.0 Å². The largest absolute Gasteiger partial charge is 0.326 e. The highest BCUT2D eigenvalue weighted by molar-refractivity contribution is 7.89. The molecule has 2 aromatic rings. The van der Waals surface area contributed by atoms with Gasteiger partial charge in [0.15, 0.2) is 5.78 Å². The summed E-state index contributed by atoms with van der Waals surface area (Å²) in [7, 11) is -4.04. The molecular weight excluding hydrogens is 446 g/mol. The number of sulfonamides is 1. The lowest BCUT2D eigenvalue weighted by molar-refractivity contribution is -0.385. The molecule has 1 heterocycles. The van der Waals surface area contributed by atoms with E-state index in [1.165, 1.54) is 17.3 Å². The summed E-state index contributed by atoms with van der Waals surface area (Å²) in [5.74, 6) is -0.698. The average molecular weight is 466 g/mol. The van der Waals surface area contributed by atoms with Crippen molar-refractivity contribution in [3.63, 3.8) is 0 Å². The van der Waals surface area contributed by atoms with E-state index in [2.05, 4.69) is 5.32 Å². The fourth-order valence-electron chi connectivity index (χ4n) is 3.33. The Morgan fingerprint density at radius 2 is 1.74 bits per heavy atom. The van der Waals surface area contributed by atoms with Gasteiger partial charge in [0.05, 0.1) is 9.95 Å². The topological polar surface area (TPSA) is 127 Å². The number of rotatable bonds is 6. The summed E-state index contributed by atoms with van der Waals surface area (Å²) in [6, 6.07) is 9.79. The van der Waals surface area contributed by atoms with Crippen LogP contribution in [0.4, 0.5) is 11.4 Å². The zero-order chi connectivity index (χ0) is 22.8. The molecule has 0 aromatic heterocycles. The number of halogens is 1. The van der Waals surface area contributed by atoms with Crippen molar-refractivity contribution < 1.29 is 22.9 Å². The van der Waals surface area contributed by atoms with Gasteiger partial charge in [0.1, 0.15) is 4.90 Å². The molecule has 1 fully saturated rings. The summed E-state index contributed by atoms with van der Waals surface area (Å²) in [6.45, 7) is 1.63. The van der Waals surface area contributed by atoms with Crippen molar-refractivity contribution in [1.82, 2.24) is 4.31 Å². The number of nitro benzene ring substituents is 1. The highest BCUT2D eigenvalue weighted by Crippen LogP contribution is 2.31. The van der Waals surface area contributed by atoms with E-state index in [0.717, 1.165) is 12.1 Å². The number of hydrogen-bond acceptors (Lipinski definition) is 6. The monoisotopic (exact) mass is 465 g/mol. The van der Waals surface area contributed by atoms with Gasteiger partial charge in [0, 0.05) is 42.4 Å². The molecule has 1 aliphatic rings. The fourth-order valence-corrected chi connectivity index (χ4v) is 5.30. The maximum atomic E-state index is 12.9. The predicted octanol–water partition coefficient (Wildman–Crippen LogP) is 3.49. The van der Waals surface area contributed by atoms with Crippen molar-refractivity contribution in [3.05, 3.63) is 63.2 Å². The molecule has 0 spiro atoms. The summed E-state index contributed by atoms with van der Waals surface area (Å²) in [6.07, 6.45) is 0.590. The van der Waals surface area contributed by atoms with Crippen LogP contribution >= 0.6 is 11.6 Å². The molecule has 9 nitrogen and oxygen atoms in total. The van der Waals surface area contributed by atoms with E-state index >= 15 is 0 Å². The number of non-ortho nitro benzene ring substituents is 1. The highest BCUT2D eigenvalue weighted by Gasteiger charge is 2.34. The molecule has 0 unspecified atom stereocenters. The smallest absolute Gasteiger partial charge is 0.270 e. The van der Waals surface area contributed by atoms with E-state index in [1.807, 2.05) is 0 Å². The van der Waals surface area contributed by atoms with E-state index in [4.69, 9.17) is 11.6 Å². The molecule has 11 heteroatoms. The van der Waals surface area contributed by atoms with Crippen LogP contribution < -0.4 is 5.32 Å². The van der Waals surface area contributed by atoms with Gasteiger partial charge in [-0.1, -0.05) is 11.6 Å². The molecule has 1 aliphatic heterocycles. The maximum Gasteiger partial charge on any atom is 0.270 e. The second-order valence-corrected chi connectivity index (χ2v) is 9.49. The average Bonchev–Trinajstić information content (AvgIpc) is 2.74. The summed E-state index contributed by atoms with van der Waals surface area (Å²) < 4.78 is 27.0. The van der Waals surface area contributed by atoms with Gasteiger partial charge in [0.25, 0.3) is 5.69 Å². The molecule has 0 bridgehead atoms. The molecule has 0 aliphatic carbocycles. The number of hydrogen-bond donors (Lipinski definition) is 1. The molecule has 3 rings (SSSR count). The molecule has 1 amide bonds. The minimum absolute atomic E-state index is 0.0738. The van der Waals surface area contributed by atoms with E-state index in [1.54, 1.807) is 24.3 Å². The van der Waals surface area contributed by atoms with Crippen LogP contribution in [0.2, 0.25) is 5.02 Å². The van der Waals surface area contributed by atoms with Crippen LogP contribution in [0.1, 0.15) is 30.1 Å². The summed E-state index contributed by atoms with van der Waals surface area (Å²) in [5, 5.41) is 13.7. The van der Waals surface area contributed by atoms with Crippen LogP contribution in [-0.4, -0.2) is 42.4 Å². The van der Waals surface area contributed by atoms with Gasteiger partial charge in [0.2, 0.25) is 15.9 Å². The van der Waals surface area contributed by atoms with Crippen LogP contribution in [0.15, 0.2) is 47.4 Å². The van der Waals surface area contributed by atoms with Gasteiger partial charge >= 0.3 is 0 Å². The third kappa shape index (κ3) is 5.09. The molecule has 0 atom stereocenters. The zero-order valence-electron chi connectivity index (χ0n) is 16.6. The molecule has 0 saturated carbocycles. The first-order valence-corrected chi connectivity index (χ1v) is 11.3. The van der Waals surface area contributed by atoms with Gasteiger partial charge in [-0.2, -0.15) is 4.31 Å². The minimum Gasteiger partial charge on any atom is -0.326 e. The highest BCUT2D eigenvalue weighted by atomic mass is 35.5. The number of piperidine rings is 1. The molecule has 2 aromatic carbocycles. The van der Waals surface area contributed by atoms with Crippen LogP contribution in [-0.2, 0) is 14.8 Å². The number of nitro groups is 1. The number of Topliss-reactive ketones (excluding diaryl/α,β-unsaturated/α-hetero) is 1. The lowest BCUT2D eigenvalue weighted by Crippen LogP contribution is -2.41. The van der Waals surface area contributed by atoms with Crippen molar-refractivity contribution in [2.75, 3.05) is 18.4 Å². The Bertz CT molecular complexity index is 1130. The number of anilines is 1. The van der Waals surface area contributed by atoms with E-state index in [0.29, 0.717) is 24.1 Å². The molecular formula is C20H20ClN3O6S. The Morgan fingerprint density at radius 1 is 1.13 bits per heavy atom. The van der Waals surface area contributed by atoms with Gasteiger partial charge in [-0.15, -0.1) is 0 Å². The van der Waals surface area contributed by atoms with Gasteiger partial charge in [-0.05, 0) is 50.1 Å². The quantitative estimate of drug-likeness (QED) is 0.395.